The molecule has 2 amide bonds. The van der Waals surface area contributed by atoms with Crippen molar-refractivity contribution in [1.29, 1.82) is 0 Å². The highest BCUT2D eigenvalue weighted by Crippen LogP contribution is 2.24. The lowest BCUT2D eigenvalue weighted by Crippen LogP contribution is -2.43. The minimum atomic E-state index is -1.18. The lowest BCUT2D eigenvalue weighted by atomic mass is 10.0. The zero-order chi connectivity index (χ0) is 21.0. The van der Waals surface area contributed by atoms with Gasteiger partial charge in [0.05, 0.1) is 25.7 Å². The van der Waals surface area contributed by atoms with Gasteiger partial charge in [0.1, 0.15) is 18.3 Å². The highest BCUT2D eigenvalue weighted by Gasteiger charge is 2.43. The van der Waals surface area contributed by atoms with Gasteiger partial charge in [-0.3, -0.25) is 9.59 Å². The SMILES string of the molecule is CN(C)c1ccc(C(=O)NCC2OC(CC(=O)N3CCOCC3)C(O)C2O)cc1. The number of nitrogens with zero attached hydrogens (tertiary/aromatic N) is 2. The summed E-state index contributed by atoms with van der Waals surface area (Å²) in [6.45, 7) is 2.04. The average Bonchev–Trinajstić information content (AvgIpc) is 3.00. The fraction of sp³-hybridized carbons (Fsp3) is 0.600. The average molecular weight is 407 g/mol. The van der Waals surface area contributed by atoms with E-state index in [-0.39, 0.29) is 24.8 Å². The fourth-order valence-electron chi connectivity index (χ4n) is 3.48. The third kappa shape index (κ3) is 5.24. The van der Waals surface area contributed by atoms with E-state index in [9.17, 15) is 19.8 Å². The first-order valence-corrected chi connectivity index (χ1v) is 9.79. The van der Waals surface area contributed by atoms with Crippen molar-refractivity contribution in [2.45, 2.75) is 30.8 Å². The Balaban J connectivity index is 1.50. The van der Waals surface area contributed by atoms with E-state index in [1.54, 1.807) is 17.0 Å². The third-order valence-corrected chi connectivity index (χ3v) is 5.31. The van der Waals surface area contributed by atoms with E-state index < -0.39 is 24.4 Å². The van der Waals surface area contributed by atoms with E-state index >= 15 is 0 Å². The second-order valence-corrected chi connectivity index (χ2v) is 7.54. The highest BCUT2D eigenvalue weighted by atomic mass is 16.5. The number of morpholine rings is 1. The molecule has 160 valence electrons. The standard InChI is InChI=1S/C20H29N3O6/c1-22(2)14-5-3-13(4-6-14)20(27)21-12-16-19(26)18(25)15(29-16)11-17(24)23-7-9-28-10-8-23/h3-6,15-16,18-19,25-26H,7-12H2,1-2H3,(H,21,27). The number of amides is 2. The Morgan fingerprint density at radius 3 is 2.34 bits per heavy atom. The van der Waals surface area contributed by atoms with Gasteiger partial charge in [-0.05, 0) is 24.3 Å². The van der Waals surface area contributed by atoms with Gasteiger partial charge in [-0.15, -0.1) is 0 Å². The lowest BCUT2D eigenvalue weighted by Gasteiger charge is -2.28. The Bertz CT molecular complexity index is 705. The van der Waals surface area contributed by atoms with Gasteiger partial charge in [0.2, 0.25) is 5.91 Å². The first-order chi connectivity index (χ1) is 13.9. The van der Waals surface area contributed by atoms with Crippen molar-refractivity contribution in [3.05, 3.63) is 29.8 Å². The summed E-state index contributed by atoms with van der Waals surface area (Å²) in [7, 11) is 3.83. The summed E-state index contributed by atoms with van der Waals surface area (Å²) in [4.78, 5) is 28.3. The van der Waals surface area contributed by atoms with Crippen LogP contribution in [0.3, 0.4) is 0 Å². The predicted molar refractivity (Wildman–Crippen MR) is 106 cm³/mol. The van der Waals surface area contributed by atoms with E-state index in [0.717, 1.165) is 5.69 Å². The van der Waals surface area contributed by atoms with Crippen LogP contribution < -0.4 is 10.2 Å². The minimum Gasteiger partial charge on any atom is -0.388 e. The number of benzene rings is 1. The molecule has 0 aliphatic carbocycles. The first-order valence-electron chi connectivity index (χ1n) is 9.79. The Kier molecular flexibility index (Phi) is 7.07. The van der Waals surface area contributed by atoms with Crippen LogP contribution >= 0.6 is 0 Å². The van der Waals surface area contributed by atoms with Gasteiger partial charge < -0.3 is 34.8 Å². The van der Waals surface area contributed by atoms with Gasteiger partial charge in [-0.25, -0.2) is 0 Å². The molecule has 9 nitrogen and oxygen atoms in total. The molecular weight excluding hydrogens is 378 g/mol. The number of rotatable bonds is 6. The molecule has 0 saturated carbocycles. The molecule has 4 atom stereocenters. The maximum Gasteiger partial charge on any atom is 0.251 e. The zero-order valence-electron chi connectivity index (χ0n) is 16.8. The summed E-state index contributed by atoms with van der Waals surface area (Å²) >= 11 is 0. The second-order valence-electron chi connectivity index (χ2n) is 7.54. The van der Waals surface area contributed by atoms with Gasteiger partial charge >= 0.3 is 0 Å². The number of carbonyl (C=O) groups excluding carboxylic acids is 2. The van der Waals surface area contributed by atoms with E-state index in [1.165, 1.54) is 0 Å². The van der Waals surface area contributed by atoms with E-state index in [1.807, 2.05) is 31.1 Å². The van der Waals surface area contributed by atoms with Crippen LogP contribution in [-0.2, 0) is 14.3 Å². The van der Waals surface area contributed by atoms with Crippen LogP contribution in [0, 0.1) is 0 Å². The monoisotopic (exact) mass is 407 g/mol. The second kappa shape index (κ2) is 9.53. The summed E-state index contributed by atoms with van der Waals surface area (Å²) < 4.78 is 10.9. The molecule has 0 spiro atoms. The molecule has 3 N–H and O–H groups in total. The van der Waals surface area contributed by atoms with E-state index in [2.05, 4.69) is 5.32 Å². The molecule has 9 heteroatoms. The van der Waals surface area contributed by atoms with Crippen LogP contribution in [0.5, 0.6) is 0 Å². The smallest absolute Gasteiger partial charge is 0.251 e. The van der Waals surface area contributed by atoms with Crippen molar-refractivity contribution < 1.29 is 29.3 Å². The molecule has 29 heavy (non-hydrogen) atoms. The van der Waals surface area contributed by atoms with Crippen molar-refractivity contribution in [2.24, 2.45) is 0 Å². The van der Waals surface area contributed by atoms with Crippen molar-refractivity contribution >= 4 is 17.5 Å². The Hall–Kier alpha value is -2.20. The number of carbonyl (C=O) groups is 2. The van der Waals surface area contributed by atoms with Gasteiger partial charge in [-0.1, -0.05) is 0 Å². The number of aliphatic hydroxyl groups excluding tert-OH is 2. The number of aliphatic hydroxyl groups is 2. The zero-order valence-corrected chi connectivity index (χ0v) is 16.8. The molecule has 1 aromatic rings. The Morgan fingerprint density at radius 1 is 1.10 bits per heavy atom. The Morgan fingerprint density at radius 2 is 1.72 bits per heavy atom. The molecule has 0 radical (unpaired) electrons. The molecule has 2 saturated heterocycles. The van der Waals surface area contributed by atoms with Gasteiger partial charge in [0.15, 0.2) is 0 Å². The molecule has 4 unspecified atom stereocenters. The van der Waals surface area contributed by atoms with Crippen LogP contribution in [-0.4, -0.2) is 98.3 Å². The molecule has 0 aromatic heterocycles. The summed E-state index contributed by atoms with van der Waals surface area (Å²) in [5.74, 6) is -0.441. The van der Waals surface area contributed by atoms with Gasteiger partial charge in [0.25, 0.3) is 5.91 Å². The van der Waals surface area contributed by atoms with Crippen molar-refractivity contribution in [3.8, 4) is 0 Å². The van der Waals surface area contributed by atoms with Crippen LogP contribution in [0.4, 0.5) is 5.69 Å². The highest BCUT2D eigenvalue weighted by molar-refractivity contribution is 5.94. The van der Waals surface area contributed by atoms with E-state index in [0.29, 0.717) is 31.9 Å². The number of hydrogen-bond donors (Lipinski definition) is 3. The topological polar surface area (TPSA) is 112 Å². The summed E-state index contributed by atoms with van der Waals surface area (Å²) in [5.41, 5.74) is 1.47. The molecule has 2 heterocycles. The summed E-state index contributed by atoms with van der Waals surface area (Å²) in [6.07, 6.45) is -3.96. The number of hydrogen-bond acceptors (Lipinski definition) is 7. The lowest BCUT2D eigenvalue weighted by molar-refractivity contribution is -0.139. The molecule has 2 aliphatic rings. The largest absolute Gasteiger partial charge is 0.388 e. The Labute approximate surface area is 170 Å². The van der Waals surface area contributed by atoms with Crippen molar-refractivity contribution in [2.75, 3.05) is 51.8 Å². The molecule has 1 aromatic carbocycles. The first kappa shape index (κ1) is 21.5. The van der Waals surface area contributed by atoms with Gasteiger partial charge in [0, 0.05) is 45.0 Å². The molecule has 2 fully saturated rings. The molecule has 2 aliphatic heterocycles. The summed E-state index contributed by atoms with van der Waals surface area (Å²) in [5, 5.41) is 23.2. The van der Waals surface area contributed by atoms with Crippen LogP contribution in [0.1, 0.15) is 16.8 Å². The maximum absolute atomic E-state index is 12.4. The quantitative estimate of drug-likeness (QED) is 0.567. The number of ether oxygens (including phenoxy) is 2. The normalized spacial score (nSPS) is 27.0. The maximum atomic E-state index is 12.4. The van der Waals surface area contributed by atoms with Gasteiger partial charge in [-0.2, -0.15) is 0 Å². The van der Waals surface area contributed by atoms with Crippen LogP contribution in [0.25, 0.3) is 0 Å². The van der Waals surface area contributed by atoms with Crippen molar-refractivity contribution in [3.63, 3.8) is 0 Å². The van der Waals surface area contributed by atoms with Crippen LogP contribution in [0.2, 0.25) is 0 Å². The third-order valence-electron chi connectivity index (χ3n) is 5.31. The molecule has 3 rings (SSSR count). The number of anilines is 1. The molecule has 0 bridgehead atoms. The van der Waals surface area contributed by atoms with E-state index in [4.69, 9.17) is 9.47 Å². The van der Waals surface area contributed by atoms with Crippen molar-refractivity contribution in [1.82, 2.24) is 10.2 Å². The molecular formula is C20H29N3O6. The summed E-state index contributed by atoms with van der Waals surface area (Å²) in [6, 6.07) is 7.12. The predicted octanol–water partition coefficient (Wildman–Crippen LogP) is -0.779. The number of nitrogens with one attached hydrogen (secondary N) is 1. The van der Waals surface area contributed by atoms with Crippen LogP contribution in [0.15, 0.2) is 24.3 Å². The minimum absolute atomic E-state index is 0.0192. The fourth-order valence-corrected chi connectivity index (χ4v) is 3.48.